The molecule has 0 aliphatic carbocycles. The third kappa shape index (κ3) is 7.43. The van der Waals surface area contributed by atoms with Gasteiger partial charge < -0.3 is 14.8 Å². The van der Waals surface area contributed by atoms with Crippen LogP contribution >= 0.6 is 0 Å². The molecule has 0 spiro atoms. The fraction of sp³-hybridized carbons (Fsp3) is 0.556. The highest BCUT2D eigenvalue weighted by atomic mass is 16.7. The maximum absolute atomic E-state index is 12.1. The molecular weight excluding hydrogens is 324 g/mol. The van der Waals surface area contributed by atoms with Crippen LogP contribution in [-0.4, -0.2) is 38.2 Å². The molecule has 0 bridgehead atoms. The summed E-state index contributed by atoms with van der Waals surface area (Å²) >= 11 is 0. The Hall–Kier alpha value is -2.28. The van der Waals surface area contributed by atoms with Crippen LogP contribution in [0, 0.1) is 0 Å². The summed E-state index contributed by atoms with van der Waals surface area (Å²) in [6.45, 7) is 6.29. The first-order chi connectivity index (χ1) is 12.0. The van der Waals surface area contributed by atoms with E-state index in [0.717, 1.165) is 19.3 Å². The standard InChI is InChI=1S/C18H28N2O5/c1-5-7-10-24-15-9-8-14(11-16(15)23-4)18(22)20-25-12-17(21)19-13(3)6-2/h8-9,11,13H,5-7,10,12H2,1-4H3,(H,19,21)(H,20,22)/t13-/m1/s1. The molecule has 0 aromatic heterocycles. The van der Waals surface area contributed by atoms with Crippen LogP contribution in [0.15, 0.2) is 18.2 Å². The van der Waals surface area contributed by atoms with E-state index in [1.165, 1.54) is 7.11 Å². The molecule has 0 aliphatic heterocycles. The molecule has 2 amide bonds. The average Bonchev–Trinajstić information content (AvgIpc) is 2.61. The molecule has 7 nitrogen and oxygen atoms in total. The number of methoxy groups -OCH3 is 1. The quantitative estimate of drug-likeness (QED) is 0.472. The fourth-order valence-corrected chi connectivity index (χ4v) is 1.90. The number of carbonyl (C=O) groups is 2. The number of hydrogen-bond donors (Lipinski definition) is 2. The minimum atomic E-state index is -0.463. The Morgan fingerprint density at radius 2 is 1.96 bits per heavy atom. The number of hydroxylamine groups is 1. The topological polar surface area (TPSA) is 85.9 Å². The van der Waals surface area contributed by atoms with Crippen LogP contribution in [-0.2, 0) is 9.63 Å². The Morgan fingerprint density at radius 3 is 2.60 bits per heavy atom. The van der Waals surface area contributed by atoms with Crippen molar-refractivity contribution in [2.24, 2.45) is 0 Å². The first-order valence-corrected chi connectivity index (χ1v) is 8.54. The number of ether oxygens (including phenoxy) is 2. The van der Waals surface area contributed by atoms with E-state index in [1.807, 2.05) is 13.8 Å². The van der Waals surface area contributed by atoms with E-state index < -0.39 is 5.91 Å². The molecule has 0 saturated heterocycles. The monoisotopic (exact) mass is 352 g/mol. The van der Waals surface area contributed by atoms with Crippen molar-refractivity contribution < 1.29 is 23.9 Å². The van der Waals surface area contributed by atoms with Gasteiger partial charge in [-0.05, 0) is 38.0 Å². The molecule has 0 radical (unpaired) electrons. The predicted octanol–water partition coefficient (Wildman–Crippen LogP) is 2.45. The van der Waals surface area contributed by atoms with Crippen LogP contribution in [0.25, 0.3) is 0 Å². The van der Waals surface area contributed by atoms with E-state index in [4.69, 9.17) is 14.3 Å². The van der Waals surface area contributed by atoms with Gasteiger partial charge >= 0.3 is 0 Å². The van der Waals surface area contributed by atoms with Gasteiger partial charge in [0.05, 0.1) is 13.7 Å². The van der Waals surface area contributed by atoms with Gasteiger partial charge in [-0.1, -0.05) is 20.3 Å². The van der Waals surface area contributed by atoms with Crippen LogP contribution in [0.5, 0.6) is 11.5 Å². The first kappa shape index (κ1) is 20.8. The van der Waals surface area contributed by atoms with Crippen molar-refractivity contribution in [2.75, 3.05) is 20.3 Å². The number of nitrogens with one attached hydrogen (secondary N) is 2. The Morgan fingerprint density at radius 1 is 1.20 bits per heavy atom. The Balaban J connectivity index is 2.53. The zero-order valence-corrected chi connectivity index (χ0v) is 15.4. The van der Waals surface area contributed by atoms with Crippen LogP contribution in [0.3, 0.4) is 0 Å². The Labute approximate surface area is 149 Å². The third-order valence-electron chi connectivity index (χ3n) is 3.57. The number of benzene rings is 1. The van der Waals surface area contributed by atoms with Crippen molar-refractivity contribution in [3.63, 3.8) is 0 Å². The highest BCUT2D eigenvalue weighted by molar-refractivity contribution is 5.94. The highest BCUT2D eigenvalue weighted by Gasteiger charge is 2.12. The lowest BCUT2D eigenvalue weighted by Gasteiger charge is -2.13. The van der Waals surface area contributed by atoms with Crippen molar-refractivity contribution in [1.29, 1.82) is 0 Å². The van der Waals surface area contributed by atoms with Crippen molar-refractivity contribution >= 4 is 11.8 Å². The number of amides is 2. The number of unbranched alkanes of at least 4 members (excludes halogenated alkanes) is 1. The number of hydrogen-bond acceptors (Lipinski definition) is 5. The molecule has 0 unspecified atom stereocenters. The molecule has 1 rings (SSSR count). The van der Waals surface area contributed by atoms with E-state index in [0.29, 0.717) is 23.7 Å². The van der Waals surface area contributed by atoms with Gasteiger partial charge in [-0.3, -0.25) is 14.4 Å². The molecule has 7 heteroatoms. The lowest BCUT2D eigenvalue weighted by Crippen LogP contribution is -2.37. The average molecular weight is 352 g/mol. The van der Waals surface area contributed by atoms with Gasteiger partial charge in [0, 0.05) is 11.6 Å². The lowest BCUT2D eigenvalue weighted by atomic mass is 10.2. The minimum absolute atomic E-state index is 0.0660. The van der Waals surface area contributed by atoms with Crippen LogP contribution in [0.2, 0.25) is 0 Å². The van der Waals surface area contributed by atoms with Gasteiger partial charge in [0.1, 0.15) is 0 Å². The van der Waals surface area contributed by atoms with Crippen molar-refractivity contribution in [1.82, 2.24) is 10.8 Å². The second kappa shape index (κ2) is 11.3. The van der Waals surface area contributed by atoms with Gasteiger partial charge in [0.25, 0.3) is 5.91 Å². The second-order valence-electron chi connectivity index (χ2n) is 5.66. The van der Waals surface area contributed by atoms with E-state index in [1.54, 1.807) is 18.2 Å². The first-order valence-electron chi connectivity index (χ1n) is 8.54. The van der Waals surface area contributed by atoms with Crippen molar-refractivity contribution in [3.8, 4) is 11.5 Å². The largest absolute Gasteiger partial charge is 0.493 e. The number of rotatable bonds is 11. The predicted molar refractivity (Wildman–Crippen MR) is 94.7 cm³/mol. The smallest absolute Gasteiger partial charge is 0.274 e. The maximum atomic E-state index is 12.1. The summed E-state index contributed by atoms with van der Waals surface area (Å²) in [5.41, 5.74) is 2.60. The van der Waals surface area contributed by atoms with Crippen molar-refractivity contribution in [2.45, 2.75) is 46.1 Å². The lowest BCUT2D eigenvalue weighted by molar-refractivity contribution is -0.128. The molecule has 25 heavy (non-hydrogen) atoms. The van der Waals surface area contributed by atoms with Crippen LogP contribution in [0.4, 0.5) is 0 Å². The molecule has 1 aromatic carbocycles. The minimum Gasteiger partial charge on any atom is -0.493 e. The van der Waals surface area contributed by atoms with E-state index >= 15 is 0 Å². The zero-order valence-electron chi connectivity index (χ0n) is 15.4. The van der Waals surface area contributed by atoms with Gasteiger partial charge in [-0.2, -0.15) is 0 Å². The summed E-state index contributed by atoms with van der Waals surface area (Å²) in [5, 5.41) is 2.74. The van der Waals surface area contributed by atoms with Crippen molar-refractivity contribution in [3.05, 3.63) is 23.8 Å². The Bertz CT molecular complexity index is 562. The van der Waals surface area contributed by atoms with E-state index in [9.17, 15) is 9.59 Å². The maximum Gasteiger partial charge on any atom is 0.274 e. The molecule has 0 fully saturated rings. The van der Waals surface area contributed by atoms with Gasteiger partial charge in [-0.25, -0.2) is 5.48 Å². The number of carbonyl (C=O) groups excluding carboxylic acids is 2. The molecule has 1 atom stereocenters. The molecule has 0 aliphatic rings. The molecule has 0 saturated carbocycles. The van der Waals surface area contributed by atoms with Gasteiger partial charge in [0.15, 0.2) is 18.1 Å². The highest BCUT2D eigenvalue weighted by Crippen LogP contribution is 2.28. The van der Waals surface area contributed by atoms with Crippen LogP contribution < -0.4 is 20.3 Å². The molecule has 0 heterocycles. The Kier molecular flexibility index (Phi) is 9.39. The van der Waals surface area contributed by atoms with Gasteiger partial charge in [0.2, 0.25) is 5.91 Å². The molecule has 2 N–H and O–H groups in total. The summed E-state index contributed by atoms with van der Waals surface area (Å²) in [6, 6.07) is 4.93. The molecular formula is C18H28N2O5. The fourth-order valence-electron chi connectivity index (χ4n) is 1.90. The summed E-state index contributed by atoms with van der Waals surface area (Å²) in [4.78, 5) is 28.6. The van der Waals surface area contributed by atoms with Crippen LogP contribution in [0.1, 0.15) is 50.4 Å². The van der Waals surface area contributed by atoms with E-state index in [2.05, 4.69) is 17.7 Å². The molecule has 140 valence electrons. The summed E-state index contributed by atoms with van der Waals surface area (Å²) < 4.78 is 10.9. The third-order valence-corrected chi connectivity index (χ3v) is 3.57. The summed E-state index contributed by atoms with van der Waals surface area (Å²) in [7, 11) is 1.51. The summed E-state index contributed by atoms with van der Waals surface area (Å²) in [5.74, 6) is 0.307. The van der Waals surface area contributed by atoms with Gasteiger partial charge in [-0.15, -0.1) is 0 Å². The van der Waals surface area contributed by atoms with E-state index in [-0.39, 0.29) is 18.6 Å². The zero-order chi connectivity index (χ0) is 18.7. The second-order valence-corrected chi connectivity index (χ2v) is 5.66. The molecule has 1 aromatic rings. The normalized spacial score (nSPS) is 11.5. The summed E-state index contributed by atoms with van der Waals surface area (Å²) in [6.07, 6.45) is 2.80. The SMILES string of the molecule is CCCCOc1ccc(C(=O)NOCC(=O)N[C@H](C)CC)cc1OC.